The van der Waals surface area contributed by atoms with E-state index in [9.17, 15) is 17.6 Å². The number of allylic oxidation sites excluding steroid dienone is 2. The summed E-state index contributed by atoms with van der Waals surface area (Å²) in [6.07, 6.45) is 8.54. The van der Waals surface area contributed by atoms with Crippen molar-refractivity contribution in [2.75, 3.05) is 0 Å². The van der Waals surface area contributed by atoms with E-state index < -0.39 is 17.9 Å². The maximum Gasteiger partial charge on any atom is 0.573 e. The van der Waals surface area contributed by atoms with E-state index in [1.165, 1.54) is 69.1 Å². The summed E-state index contributed by atoms with van der Waals surface area (Å²) in [6, 6.07) is 2.43. The Bertz CT molecular complexity index is 670. The molecule has 0 unspecified atom stereocenters. The summed E-state index contributed by atoms with van der Waals surface area (Å²) < 4.78 is 55.0. The predicted octanol–water partition coefficient (Wildman–Crippen LogP) is 7.14. The molecule has 1 aromatic carbocycles. The summed E-state index contributed by atoms with van der Waals surface area (Å²) in [5.41, 5.74) is 2.86. The van der Waals surface area contributed by atoms with Gasteiger partial charge in [-0.15, -0.1) is 13.2 Å². The molecular formula is C22H28F4O. The molecule has 2 aliphatic carbocycles. The molecule has 5 heteroatoms. The number of hydrogen-bond donors (Lipinski definition) is 0. The fourth-order valence-corrected chi connectivity index (χ4v) is 4.54. The second-order valence-corrected chi connectivity index (χ2v) is 7.97. The Hall–Kier alpha value is -1.52. The maximum atomic E-state index is 14.0. The Balaban J connectivity index is 1.59. The molecule has 150 valence electrons. The van der Waals surface area contributed by atoms with Crippen LogP contribution in [-0.2, 0) is 12.8 Å². The highest BCUT2D eigenvalue weighted by atomic mass is 19.4. The fourth-order valence-electron chi connectivity index (χ4n) is 4.54. The van der Waals surface area contributed by atoms with E-state index in [2.05, 4.69) is 17.7 Å². The summed E-state index contributed by atoms with van der Waals surface area (Å²) >= 11 is 0. The third-order valence-electron chi connectivity index (χ3n) is 6.05. The highest BCUT2D eigenvalue weighted by Crippen LogP contribution is 2.39. The van der Waals surface area contributed by atoms with Gasteiger partial charge in [0, 0.05) is 0 Å². The Morgan fingerprint density at radius 3 is 2.44 bits per heavy atom. The van der Waals surface area contributed by atoms with E-state index in [0.29, 0.717) is 18.8 Å². The average Bonchev–Trinajstić information content (AvgIpc) is 2.62. The van der Waals surface area contributed by atoms with Gasteiger partial charge in [0.05, 0.1) is 0 Å². The SMILES string of the molecule is CCCCCC1CCC(C2=CCc3cc(OC(F)(F)F)c(F)cc3C2)CC1. The second kappa shape index (κ2) is 8.66. The van der Waals surface area contributed by atoms with Gasteiger partial charge in [-0.25, -0.2) is 4.39 Å². The number of unbranched alkanes of at least 4 members (excludes halogenated alkanes) is 2. The normalized spacial score (nSPS) is 22.9. The molecule has 1 saturated carbocycles. The minimum atomic E-state index is -4.87. The Morgan fingerprint density at radius 2 is 1.78 bits per heavy atom. The van der Waals surface area contributed by atoms with Gasteiger partial charge < -0.3 is 4.74 Å². The molecule has 0 spiro atoms. The first-order chi connectivity index (χ1) is 12.9. The number of ether oxygens (including phenoxy) is 1. The van der Waals surface area contributed by atoms with Crippen molar-refractivity contribution < 1.29 is 22.3 Å². The van der Waals surface area contributed by atoms with Crippen molar-refractivity contribution in [2.45, 2.75) is 77.5 Å². The summed E-state index contributed by atoms with van der Waals surface area (Å²) in [7, 11) is 0. The molecule has 0 atom stereocenters. The lowest BCUT2D eigenvalue weighted by molar-refractivity contribution is -0.275. The largest absolute Gasteiger partial charge is 0.573 e. The van der Waals surface area contributed by atoms with Crippen LogP contribution in [0.3, 0.4) is 0 Å². The molecular weight excluding hydrogens is 356 g/mol. The lowest BCUT2D eigenvalue weighted by atomic mass is 9.74. The minimum absolute atomic E-state index is 0.537. The summed E-state index contributed by atoms with van der Waals surface area (Å²) in [6.45, 7) is 2.23. The van der Waals surface area contributed by atoms with E-state index >= 15 is 0 Å². The van der Waals surface area contributed by atoms with E-state index in [0.717, 1.165) is 17.0 Å². The Kier molecular flexibility index (Phi) is 6.48. The van der Waals surface area contributed by atoms with Gasteiger partial charge in [0.15, 0.2) is 11.6 Å². The first-order valence-corrected chi connectivity index (χ1v) is 10.1. The van der Waals surface area contributed by atoms with Gasteiger partial charge in [0.1, 0.15) is 0 Å². The average molecular weight is 384 g/mol. The topological polar surface area (TPSA) is 9.23 Å². The van der Waals surface area contributed by atoms with Crippen LogP contribution < -0.4 is 4.74 Å². The van der Waals surface area contributed by atoms with Crippen LogP contribution >= 0.6 is 0 Å². The number of rotatable bonds is 6. The van der Waals surface area contributed by atoms with E-state index in [1.807, 2.05) is 0 Å². The highest BCUT2D eigenvalue weighted by Gasteiger charge is 2.33. The maximum absolute atomic E-state index is 14.0. The van der Waals surface area contributed by atoms with Gasteiger partial charge in [-0.2, -0.15) is 0 Å². The lowest BCUT2D eigenvalue weighted by Gasteiger charge is -2.32. The summed E-state index contributed by atoms with van der Waals surface area (Å²) in [4.78, 5) is 0. The van der Waals surface area contributed by atoms with Gasteiger partial charge >= 0.3 is 6.36 Å². The third kappa shape index (κ3) is 5.49. The van der Waals surface area contributed by atoms with Crippen molar-refractivity contribution in [1.82, 2.24) is 0 Å². The van der Waals surface area contributed by atoms with Crippen molar-refractivity contribution in [1.29, 1.82) is 0 Å². The molecule has 0 heterocycles. The van der Waals surface area contributed by atoms with Gasteiger partial charge in [-0.3, -0.25) is 0 Å². The highest BCUT2D eigenvalue weighted by molar-refractivity contribution is 5.43. The minimum Gasteiger partial charge on any atom is -0.403 e. The first kappa shape index (κ1) is 20.2. The Morgan fingerprint density at radius 1 is 1.04 bits per heavy atom. The quantitative estimate of drug-likeness (QED) is 0.288. The number of halogens is 4. The molecule has 0 amide bonds. The van der Waals surface area contributed by atoms with E-state index in [1.54, 1.807) is 0 Å². The van der Waals surface area contributed by atoms with Crippen LogP contribution in [0.1, 0.15) is 69.4 Å². The monoisotopic (exact) mass is 384 g/mol. The standard InChI is InChI=1S/C22H28F4O/c1-2-3-4-5-15-6-8-16(9-7-15)17-10-11-18-14-21(27-22(24,25)26)20(23)13-19(18)12-17/h10,13-16H,2-9,11-12H2,1H3. The molecule has 1 nitrogen and oxygen atoms in total. The van der Waals surface area contributed by atoms with Gasteiger partial charge in [-0.05, 0) is 73.6 Å². The van der Waals surface area contributed by atoms with Crippen molar-refractivity contribution in [2.24, 2.45) is 11.8 Å². The summed E-state index contributed by atoms with van der Waals surface area (Å²) in [5.74, 6) is -0.295. The molecule has 3 rings (SSSR count). The van der Waals surface area contributed by atoms with Crippen LogP contribution in [0.2, 0.25) is 0 Å². The van der Waals surface area contributed by atoms with E-state index in [4.69, 9.17) is 0 Å². The number of alkyl halides is 3. The zero-order chi connectivity index (χ0) is 19.4. The van der Waals surface area contributed by atoms with Crippen LogP contribution in [-0.4, -0.2) is 6.36 Å². The van der Waals surface area contributed by atoms with Crippen molar-refractivity contribution >= 4 is 0 Å². The molecule has 0 aliphatic heterocycles. The molecule has 27 heavy (non-hydrogen) atoms. The lowest BCUT2D eigenvalue weighted by Crippen LogP contribution is -2.20. The van der Waals surface area contributed by atoms with Crippen LogP contribution in [0, 0.1) is 17.7 Å². The molecule has 0 aromatic heterocycles. The molecule has 0 bridgehead atoms. The smallest absolute Gasteiger partial charge is 0.403 e. The van der Waals surface area contributed by atoms with Gasteiger partial charge in [-0.1, -0.05) is 44.3 Å². The van der Waals surface area contributed by atoms with Gasteiger partial charge in [0.25, 0.3) is 0 Å². The van der Waals surface area contributed by atoms with Crippen molar-refractivity contribution in [3.05, 3.63) is 40.7 Å². The number of fused-ring (bicyclic) bond motifs is 1. The zero-order valence-corrected chi connectivity index (χ0v) is 15.9. The Labute approximate surface area is 158 Å². The predicted molar refractivity (Wildman–Crippen MR) is 98.2 cm³/mol. The third-order valence-corrected chi connectivity index (χ3v) is 6.05. The molecule has 0 saturated heterocycles. The summed E-state index contributed by atoms with van der Waals surface area (Å²) in [5, 5.41) is 0. The molecule has 2 aliphatic rings. The fraction of sp³-hybridized carbons (Fsp3) is 0.636. The van der Waals surface area contributed by atoms with Crippen LogP contribution in [0.25, 0.3) is 0 Å². The van der Waals surface area contributed by atoms with Crippen LogP contribution in [0.5, 0.6) is 5.75 Å². The van der Waals surface area contributed by atoms with Crippen LogP contribution in [0.15, 0.2) is 23.8 Å². The number of hydrogen-bond acceptors (Lipinski definition) is 1. The molecule has 0 N–H and O–H groups in total. The van der Waals surface area contributed by atoms with E-state index in [-0.39, 0.29) is 0 Å². The first-order valence-electron chi connectivity index (χ1n) is 10.1. The zero-order valence-electron chi connectivity index (χ0n) is 15.9. The van der Waals surface area contributed by atoms with Gasteiger partial charge in [0.2, 0.25) is 0 Å². The van der Waals surface area contributed by atoms with Crippen LogP contribution in [0.4, 0.5) is 17.6 Å². The molecule has 1 aromatic rings. The van der Waals surface area contributed by atoms with Crippen molar-refractivity contribution in [3.63, 3.8) is 0 Å². The molecule has 0 radical (unpaired) electrons. The number of benzene rings is 1. The van der Waals surface area contributed by atoms with Crippen molar-refractivity contribution in [3.8, 4) is 5.75 Å². The molecule has 1 fully saturated rings. The second-order valence-electron chi connectivity index (χ2n) is 7.97.